The van der Waals surface area contributed by atoms with Gasteiger partial charge in [-0.1, -0.05) is 33.6 Å². The normalized spacial score (nSPS) is 11.2. The summed E-state index contributed by atoms with van der Waals surface area (Å²) in [6.45, 7) is 10.1. The molecule has 1 heterocycles. The fraction of sp³-hybridized carbons (Fsp3) is 0.714. The van der Waals surface area contributed by atoms with Crippen molar-refractivity contribution in [3.63, 3.8) is 0 Å². The quantitative estimate of drug-likeness (QED) is 0.667. The molecule has 1 N–H and O–H groups in total. The minimum atomic E-state index is 0.817. The van der Waals surface area contributed by atoms with Gasteiger partial charge in [-0.15, -0.1) is 0 Å². The van der Waals surface area contributed by atoms with E-state index in [9.17, 15) is 0 Å². The molecular weight excluding hydrogens is 196 g/mol. The van der Waals surface area contributed by atoms with Gasteiger partial charge in [-0.25, -0.2) is 0 Å². The minimum absolute atomic E-state index is 0.817. The van der Waals surface area contributed by atoms with Crippen molar-refractivity contribution in [2.24, 2.45) is 5.92 Å². The van der Waals surface area contributed by atoms with E-state index in [0.29, 0.717) is 0 Å². The summed E-state index contributed by atoms with van der Waals surface area (Å²) in [5.41, 5.74) is 1.42. The predicted octanol–water partition coefficient (Wildman–Crippen LogP) is 3.42. The Balaban J connectivity index is 2.49. The number of hydrogen-bond acceptors (Lipinski definition) is 1. The van der Waals surface area contributed by atoms with Crippen LogP contribution in [0, 0.1) is 5.92 Å². The van der Waals surface area contributed by atoms with E-state index in [2.05, 4.69) is 49.0 Å². The zero-order chi connectivity index (χ0) is 11.8. The fourth-order valence-corrected chi connectivity index (χ4v) is 2.01. The van der Waals surface area contributed by atoms with Crippen LogP contribution < -0.4 is 5.32 Å². The Kier molecular flexibility index (Phi) is 6.24. The molecular formula is C14H26N2. The molecule has 1 aromatic heterocycles. The average Bonchev–Trinajstić information content (AvgIpc) is 2.74. The number of nitrogens with zero attached hydrogens (tertiary/aromatic N) is 1. The lowest BCUT2D eigenvalue weighted by atomic mass is 10.0. The maximum Gasteiger partial charge on any atom is 0.0359 e. The largest absolute Gasteiger partial charge is 0.350 e. The lowest BCUT2D eigenvalue weighted by Gasteiger charge is -2.16. The molecule has 0 aliphatic heterocycles. The van der Waals surface area contributed by atoms with Gasteiger partial charge < -0.3 is 9.88 Å². The van der Waals surface area contributed by atoms with Crippen molar-refractivity contribution in [1.82, 2.24) is 9.88 Å². The van der Waals surface area contributed by atoms with Crippen LogP contribution in [0.15, 0.2) is 18.3 Å². The van der Waals surface area contributed by atoms with Gasteiger partial charge in [-0.2, -0.15) is 0 Å². The van der Waals surface area contributed by atoms with Crippen molar-refractivity contribution in [3.8, 4) is 0 Å². The molecule has 0 unspecified atom stereocenters. The Morgan fingerprint density at radius 3 is 2.62 bits per heavy atom. The number of nitrogens with one attached hydrogen (secondary N) is 1. The van der Waals surface area contributed by atoms with E-state index in [-0.39, 0.29) is 0 Å². The SMILES string of the molecule is CCCNCc1cccn1CC(CC)CC. The van der Waals surface area contributed by atoms with Crippen LogP contribution in [0.25, 0.3) is 0 Å². The first kappa shape index (κ1) is 13.3. The molecule has 0 fully saturated rings. The monoisotopic (exact) mass is 222 g/mol. The maximum absolute atomic E-state index is 3.47. The summed E-state index contributed by atoms with van der Waals surface area (Å²) in [7, 11) is 0. The van der Waals surface area contributed by atoms with Gasteiger partial charge in [0, 0.05) is 25.0 Å². The Labute approximate surface area is 100 Å². The van der Waals surface area contributed by atoms with Gasteiger partial charge >= 0.3 is 0 Å². The highest BCUT2D eigenvalue weighted by molar-refractivity contribution is 5.07. The van der Waals surface area contributed by atoms with Crippen molar-refractivity contribution in [2.45, 2.75) is 53.1 Å². The van der Waals surface area contributed by atoms with Crippen LogP contribution >= 0.6 is 0 Å². The smallest absolute Gasteiger partial charge is 0.0359 e. The van der Waals surface area contributed by atoms with Gasteiger partial charge in [0.2, 0.25) is 0 Å². The number of rotatable bonds is 8. The molecule has 0 aliphatic carbocycles. The lowest BCUT2D eigenvalue weighted by molar-refractivity contribution is 0.410. The average molecular weight is 222 g/mol. The third-order valence-corrected chi connectivity index (χ3v) is 3.27. The molecule has 92 valence electrons. The molecule has 0 saturated heterocycles. The van der Waals surface area contributed by atoms with Gasteiger partial charge in [0.05, 0.1) is 0 Å². The van der Waals surface area contributed by atoms with Crippen LogP contribution in [0.5, 0.6) is 0 Å². The predicted molar refractivity (Wildman–Crippen MR) is 70.5 cm³/mol. The standard InChI is InChI=1S/C14H26N2/c1-4-9-15-11-14-8-7-10-16(14)12-13(5-2)6-3/h7-8,10,13,15H,4-6,9,11-12H2,1-3H3. The van der Waals surface area contributed by atoms with Crippen molar-refractivity contribution < 1.29 is 0 Å². The summed E-state index contributed by atoms with van der Waals surface area (Å²) in [6.07, 6.45) is 5.96. The summed E-state index contributed by atoms with van der Waals surface area (Å²) in [6, 6.07) is 4.39. The summed E-state index contributed by atoms with van der Waals surface area (Å²) < 4.78 is 2.40. The zero-order valence-corrected chi connectivity index (χ0v) is 11.0. The van der Waals surface area contributed by atoms with Crippen molar-refractivity contribution in [2.75, 3.05) is 6.54 Å². The van der Waals surface area contributed by atoms with E-state index in [0.717, 1.165) is 19.0 Å². The molecule has 16 heavy (non-hydrogen) atoms. The highest BCUT2D eigenvalue weighted by atomic mass is 15.0. The van der Waals surface area contributed by atoms with Crippen molar-refractivity contribution in [3.05, 3.63) is 24.0 Å². The second-order valence-electron chi connectivity index (χ2n) is 4.51. The first-order valence-electron chi connectivity index (χ1n) is 6.66. The zero-order valence-electron chi connectivity index (χ0n) is 11.0. The summed E-state index contributed by atoms with van der Waals surface area (Å²) in [5.74, 6) is 0.817. The van der Waals surface area contributed by atoms with Crippen LogP contribution in [0.2, 0.25) is 0 Å². The molecule has 0 atom stereocenters. The fourth-order valence-electron chi connectivity index (χ4n) is 2.01. The van der Waals surface area contributed by atoms with Crippen LogP contribution in [0.1, 0.15) is 45.7 Å². The molecule has 2 nitrogen and oxygen atoms in total. The molecule has 2 heteroatoms. The highest BCUT2D eigenvalue weighted by Gasteiger charge is 2.06. The third kappa shape index (κ3) is 4.01. The van der Waals surface area contributed by atoms with Gasteiger partial charge in [-0.05, 0) is 31.0 Å². The molecule has 0 radical (unpaired) electrons. The summed E-state index contributed by atoms with van der Waals surface area (Å²) >= 11 is 0. The highest BCUT2D eigenvalue weighted by Crippen LogP contribution is 2.13. The van der Waals surface area contributed by atoms with Gasteiger partial charge in [0.25, 0.3) is 0 Å². The molecule has 1 aromatic rings. The van der Waals surface area contributed by atoms with Crippen LogP contribution in [-0.4, -0.2) is 11.1 Å². The van der Waals surface area contributed by atoms with E-state index in [1.54, 1.807) is 0 Å². The van der Waals surface area contributed by atoms with Gasteiger partial charge in [0.1, 0.15) is 0 Å². The summed E-state index contributed by atoms with van der Waals surface area (Å²) in [5, 5.41) is 3.47. The van der Waals surface area contributed by atoms with Crippen LogP contribution in [0.4, 0.5) is 0 Å². The maximum atomic E-state index is 3.47. The van der Waals surface area contributed by atoms with E-state index in [1.165, 1.54) is 31.5 Å². The Bertz CT molecular complexity index is 274. The van der Waals surface area contributed by atoms with E-state index in [1.807, 2.05) is 0 Å². The third-order valence-electron chi connectivity index (χ3n) is 3.27. The second kappa shape index (κ2) is 7.50. The molecule has 0 spiro atoms. The number of aromatic nitrogens is 1. The molecule has 0 aliphatic rings. The molecule has 1 rings (SSSR count). The lowest BCUT2D eigenvalue weighted by Crippen LogP contribution is -2.18. The second-order valence-corrected chi connectivity index (χ2v) is 4.51. The molecule has 0 aromatic carbocycles. The molecule has 0 bridgehead atoms. The minimum Gasteiger partial charge on any atom is -0.350 e. The Morgan fingerprint density at radius 2 is 2.00 bits per heavy atom. The first-order valence-corrected chi connectivity index (χ1v) is 6.66. The van der Waals surface area contributed by atoms with Crippen molar-refractivity contribution in [1.29, 1.82) is 0 Å². The van der Waals surface area contributed by atoms with E-state index < -0.39 is 0 Å². The number of hydrogen-bond donors (Lipinski definition) is 1. The van der Waals surface area contributed by atoms with E-state index in [4.69, 9.17) is 0 Å². The van der Waals surface area contributed by atoms with Gasteiger partial charge in [-0.3, -0.25) is 0 Å². The first-order chi connectivity index (χ1) is 7.81. The Hall–Kier alpha value is -0.760. The van der Waals surface area contributed by atoms with Crippen LogP contribution in [0.3, 0.4) is 0 Å². The molecule has 0 saturated carbocycles. The van der Waals surface area contributed by atoms with Crippen molar-refractivity contribution >= 4 is 0 Å². The molecule has 0 amide bonds. The van der Waals surface area contributed by atoms with E-state index >= 15 is 0 Å². The summed E-state index contributed by atoms with van der Waals surface area (Å²) in [4.78, 5) is 0. The Morgan fingerprint density at radius 1 is 1.25 bits per heavy atom. The van der Waals surface area contributed by atoms with Crippen LogP contribution in [-0.2, 0) is 13.1 Å². The van der Waals surface area contributed by atoms with Gasteiger partial charge in [0.15, 0.2) is 0 Å². The topological polar surface area (TPSA) is 17.0 Å².